The molecule has 2 N–H and O–H groups in total. The van der Waals surface area contributed by atoms with E-state index in [-0.39, 0.29) is 28.9 Å². The third kappa shape index (κ3) is 3.09. The topological polar surface area (TPSA) is 136 Å². The second-order valence-corrected chi connectivity index (χ2v) is 6.50. The summed E-state index contributed by atoms with van der Waals surface area (Å²) in [5.74, 6) is 4.17. The number of hydrogen-bond donors (Lipinski definition) is 1. The van der Waals surface area contributed by atoms with Gasteiger partial charge in [-0.3, -0.25) is 4.79 Å². The number of nitrogens with two attached hydrogens (primary N) is 1. The third-order valence-corrected chi connectivity index (χ3v) is 4.82. The molecular formula is C21H13N3O5. The fourth-order valence-electron chi connectivity index (χ4n) is 3.53. The number of nitroso groups, excluding NO2 is 1. The average molecular weight is 387 g/mol. The lowest BCUT2D eigenvalue weighted by Crippen LogP contribution is -2.16. The lowest BCUT2D eigenvalue weighted by molar-refractivity contribution is -0.139. The molecule has 1 unspecified atom stereocenters. The largest absolute Gasteiger partial charge is 0.456 e. The Morgan fingerprint density at radius 1 is 1.28 bits per heavy atom. The summed E-state index contributed by atoms with van der Waals surface area (Å²) in [6.07, 6.45) is 3.35. The van der Waals surface area contributed by atoms with Crippen molar-refractivity contribution in [2.75, 3.05) is 0 Å². The number of carbonyl (C=O) groups is 1. The van der Waals surface area contributed by atoms with E-state index >= 15 is 0 Å². The van der Waals surface area contributed by atoms with Crippen LogP contribution in [0.5, 0.6) is 0 Å². The molecule has 1 aliphatic heterocycles. The van der Waals surface area contributed by atoms with Crippen LogP contribution in [-0.4, -0.2) is 5.97 Å². The molecule has 1 atom stereocenters. The molecule has 1 aromatic carbocycles. The first-order chi connectivity index (χ1) is 14.0. The SMILES string of the molecule is N#CC1C=CC(C(=O)ON)=C(c2c3ccc(=O)cc-3oc3cc(N=O)ccc23)C1. The van der Waals surface area contributed by atoms with Gasteiger partial charge in [0, 0.05) is 28.6 Å². The number of hydrogen-bond acceptors (Lipinski definition) is 8. The molecule has 1 aromatic rings. The van der Waals surface area contributed by atoms with Crippen molar-refractivity contribution in [3.05, 3.63) is 74.8 Å². The molecule has 0 bridgehead atoms. The zero-order valence-electron chi connectivity index (χ0n) is 14.9. The summed E-state index contributed by atoms with van der Waals surface area (Å²) in [5, 5.41) is 12.9. The van der Waals surface area contributed by atoms with Gasteiger partial charge in [0.05, 0.1) is 17.6 Å². The van der Waals surface area contributed by atoms with Crippen LogP contribution in [0.15, 0.2) is 68.5 Å². The molecule has 0 aromatic heterocycles. The summed E-state index contributed by atoms with van der Waals surface area (Å²) in [5.41, 5.74) is 2.12. The van der Waals surface area contributed by atoms with Gasteiger partial charge in [0.25, 0.3) is 0 Å². The van der Waals surface area contributed by atoms with E-state index in [9.17, 15) is 19.8 Å². The highest BCUT2D eigenvalue weighted by molar-refractivity contribution is 6.08. The van der Waals surface area contributed by atoms with Gasteiger partial charge in [-0.25, -0.2) is 4.79 Å². The normalized spacial score (nSPS) is 16.1. The fourth-order valence-corrected chi connectivity index (χ4v) is 3.53. The van der Waals surface area contributed by atoms with E-state index in [1.165, 1.54) is 30.3 Å². The zero-order chi connectivity index (χ0) is 20.5. The van der Waals surface area contributed by atoms with E-state index in [2.05, 4.69) is 16.1 Å². The Hall–Kier alpha value is -4.09. The summed E-state index contributed by atoms with van der Waals surface area (Å²) in [4.78, 5) is 39.5. The van der Waals surface area contributed by atoms with Crippen molar-refractivity contribution in [1.82, 2.24) is 0 Å². The molecular weight excluding hydrogens is 374 g/mol. The average Bonchev–Trinajstić information content (AvgIpc) is 2.75. The molecule has 0 fully saturated rings. The Labute approximate surface area is 163 Å². The Morgan fingerprint density at radius 3 is 2.83 bits per heavy atom. The van der Waals surface area contributed by atoms with Crippen molar-refractivity contribution in [2.24, 2.45) is 17.0 Å². The molecule has 4 rings (SSSR count). The summed E-state index contributed by atoms with van der Waals surface area (Å²) in [7, 11) is 0. The Balaban J connectivity index is 2.14. The summed E-state index contributed by atoms with van der Waals surface area (Å²) in [6, 6.07) is 11.1. The van der Waals surface area contributed by atoms with Crippen LogP contribution in [-0.2, 0) is 9.63 Å². The van der Waals surface area contributed by atoms with Crippen molar-refractivity contribution >= 4 is 28.2 Å². The highest BCUT2D eigenvalue weighted by Crippen LogP contribution is 2.43. The van der Waals surface area contributed by atoms with Crippen LogP contribution in [0.25, 0.3) is 27.9 Å². The molecule has 2 aliphatic carbocycles. The third-order valence-electron chi connectivity index (χ3n) is 4.82. The maximum Gasteiger partial charge on any atom is 0.356 e. The molecule has 3 aliphatic rings. The van der Waals surface area contributed by atoms with E-state index in [0.717, 1.165) is 0 Å². The van der Waals surface area contributed by atoms with Gasteiger partial charge in [0.15, 0.2) is 5.43 Å². The molecule has 0 saturated carbocycles. The number of fused-ring (bicyclic) bond motifs is 2. The quantitative estimate of drug-likeness (QED) is 0.412. The van der Waals surface area contributed by atoms with Gasteiger partial charge in [-0.05, 0) is 41.4 Å². The van der Waals surface area contributed by atoms with Gasteiger partial charge >= 0.3 is 5.97 Å². The minimum atomic E-state index is -0.749. The smallest absolute Gasteiger partial charge is 0.356 e. The van der Waals surface area contributed by atoms with Crippen molar-refractivity contribution in [3.63, 3.8) is 0 Å². The first kappa shape index (κ1) is 18.3. The monoisotopic (exact) mass is 387 g/mol. The van der Waals surface area contributed by atoms with Gasteiger partial charge in [-0.2, -0.15) is 11.2 Å². The first-order valence-electron chi connectivity index (χ1n) is 8.62. The lowest BCUT2D eigenvalue weighted by atomic mass is 9.82. The van der Waals surface area contributed by atoms with Crippen molar-refractivity contribution in [2.45, 2.75) is 6.42 Å². The summed E-state index contributed by atoms with van der Waals surface area (Å²) in [6.45, 7) is 0. The number of rotatable bonds is 3. The van der Waals surface area contributed by atoms with Crippen LogP contribution >= 0.6 is 0 Å². The number of benzene rings is 2. The van der Waals surface area contributed by atoms with E-state index in [4.69, 9.17) is 10.3 Å². The minimum Gasteiger partial charge on any atom is -0.456 e. The molecule has 1 heterocycles. The van der Waals surface area contributed by atoms with E-state index in [1.54, 1.807) is 18.2 Å². The molecule has 0 spiro atoms. The van der Waals surface area contributed by atoms with E-state index < -0.39 is 11.9 Å². The predicted molar refractivity (Wildman–Crippen MR) is 105 cm³/mol. The summed E-state index contributed by atoms with van der Waals surface area (Å²) >= 11 is 0. The number of allylic oxidation sites excluding steroid dienone is 2. The van der Waals surface area contributed by atoms with Gasteiger partial charge in [0.2, 0.25) is 0 Å². The Kier molecular flexibility index (Phi) is 4.50. The Bertz CT molecular complexity index is 1300. The molecule has 0 amide bonds. The van der Waals surface area contributed by atoms with Gasteiger partial charge in [-0.15, -0.1) is 4.91 Å². The van der Waals surface area contributed by atoms with E-state index in [1.807, 2.05) is 0 Å². The van der Waals surface area contributed by atoms with Crippen LogP contribution < -0.4 is 11.3 Å². The standard InChI is InChI=1S/C21H13N3O5/c22-10-11-1-4-14(21(26)29-23)17(7-11)20-15-5-2-12(24-27)8-18(15)28-19-9-13(25)3-6-16(19)20/h1-6,8-9,11H,7,23H2. The molecule has 29 heavy (non-hydrogen) atoms. The highest BCUT2D eigenvalue weighted by Gasteiger charge is 2.27. The molecule has 0 saturated heterocycles. The van der Waals surface area contributed by atoms with Gasteiger partial charge < -0.3 is 9.25 Å². The first-order valence-corrected chi connectivity index (χ1v) is 8.62. The van der Waals surface area contributed by atoms with Crippen molar-refractivity contribution in [3.8, 4) is 17.4 Å². The minimum absolute atomic E-state index is 0.152. The second-order valence-electron chi connectivity index (χ2n) is 6.50. The second kappa shape index (κ2) is 7.14. The number of nitriles is 1. The summed E-state index contributed by atoms with van der Waals surface area (Å²) < 4.78 is 5.83. The van der Waals surface area contributed by atoms with Crippen LogP contribution in [0.1, 0.15) is 12.0 Å². The Morgan fingerprint density at radius 2 is 2.10 bits per heavy atom. The number of nitrogens with zero attached hydrogens (tertiary/aromatic N) is 2. The van der Waals surface area contributed by atoms with E-state index in [0.29, 0.717) is 27.7 Å². The number of carbonyl (C=O) groups excluding carboxylic acids is 1. The fraction of sp³-hybridized carbons (Fsp3) is 0.0952. The maximum atomic E-state index is 12.3. The maximum absolute atomic E-state index is 12.3. The van der Waals surface area contributed by atoms with Gasteiger partial charge in [0.1, 0.15) is 17.0 Å². The lowest BCUT2D eigenvalue weighted by Gasteiger charge is -2.22. The molecule has 8 heteroatoms. The van der Waals surface area contributed by atoms with Crippen molar-refractivity contribution < 1.29 is 14.0 Å². The van der Waals surface area contributed by atoms with Gasteiger partial charge in [-0.1, -0.05) is 12.2 Å². The highest BCUT2D eigenvalue weighted by atomic mass is 16.7. The van der Waals surface area contributed by atoms with Crippen LogP contribution in [0.2, 0.25) is 0 Å². The molecule has 142 valence electrons. The predicted octanol–water partition coefficient (Wildman–Crippen LogP) is 3.57. The molecule has 0 radical (unpaired) electrons. The van der Waals surface area contributed by atoms with Crippen molar-refractivity contribution in [1.29, 1.82) is 5.26 Å². The molecule has 8 nitrogen and oxygen atoms in total. The van der Waals surface area contributed by atoms with Crippen LogP contribution in [0.3, 0.4) is 0 Å². The zero-order valence-corrected chi connectivity index (χ0v) is 14.9. The van der Waals surface area contributed by atoms with Crippen LogP contribution in [0, 0.1) is 22.2 Å². The van der Waals surface area contributed by atoms with Crippen LogP contribution in [0.4, 0.5) is 5.69 Å².